The molecule has 0 amide bonds. The van der Waals surface area contributed by atoms with Crippen molar-refractivity contribution in [2.24, 2.45) is 17.4 Å². The molecule has 2 saturated carbocycles. The van der Waals surface area contributed by atoms with E-state index in [-0.39, 0.29) is 6.42 Å². The molecule has 0 radical (unpaired) electrons. The van der Waals surface area contributed by atoms with Crippen molar-refractivity contribution in [3.05, 3.63) is 0 Å². The minimum atomic E-state index is -2.40. The fraction of sp³-hybridized carbons (Fsp3) is 1.00. The van der Waals surface area contributed by atoms with Gasteiger partial charge in [0.1, 0.15) is 36.6 Å². The van der Waals surface area contributed by atoms with E-state index in [0.717, 1.165) is 0 Å². The van der Waals surface area contributed by atoms with Crippen molar-refractivity contribution in [3.8, 4) is 0 Å². The quantitative estimate of drug-likeness (QED) is 0.154. The van der Waals surface area contributed by atoms with E-state index in [4.69, 9.17) is 30.4 Å². The van der Waals surface area contributed by atoms with Crippen LogP contribution in [-0.2, 0) is 18.9 Å². The minimum absolute atomic E-state index is 0.0223. The van der Waals surface area contributed by atoms with E-state index in [9.17, 15) is 40.9 Å². The van der Waals surface area contributed by atoms with E-state index in [1.807, 2.05) is 0 Å². The topological polar surface area (TPSA) is 263 Å². The molecule has 2 aliphatic carbocycles. The highest BCUT2D eigenvalue weighted by Gasteiger charge is 2.67. The normalized spacial score (nSPS) is 54.4. The molecule has 0 aromatic heterocycles. The molecule has 15 nitrogen and oxygen atoms in total. The molecule has 15 heteroatoms. The van der Waals surface area contributed by atoms with Crippen LogP contribution in [0.25, 0.3) is 0 Å². The number of nitrogens with two attached hydrogens (primary N) is 2. The first-order valence-electron chi connectivity index (χ1n) is 12.2. The van der Waals surface area contributed by atoms with Gasteiger partial charge in [0, 0.05) is 24.6 Å². The fourth-order valence-electron chi connectivity index (χ4n) is 5.71. The van der Waals surface area contributed by atoms with E-state index in [2.05, 4.69) is 5.32 Å². The smallest absolute Gasteiger partial charge is 0.314 e. The number of rotatable bonds is 6. The third-order valence-corrected chi connectivity index (χ3v) is 7.94. The van der Waals surface area contributed by atoms with Crippen LogP contribution in [0.4, 0.5) is 0 Å². The van der Waals surface area contributed by atoms with Gasteiger partial charge in [0.15, 0.2) is 6.10 Å². The maximum atomic E-state index is 10.9. The second kappa shape index (κ2) is 10.9. The van der Waals surface area contributed by atoms with Crippen molar-refractivity contribution in [2.75, 3.05) is 20.3 Å². The number of likely N-dealkylation sites (N-methyl/N-ethyl adjacent to an activating group) is 1. The lowest BCUT2D eigenvalue weighted by Gasteiger charge is -2.46. The zero-order valence-electron chi connectivity index (χ0n) is 19.9. The predicted molar refractivity (Wildman–Crippen MR) is 118 cm³/mol. The first-order chi connectivity index (χ1) is 17.0. The number of nitrogens with one attached hydrogen (secondary N) is 1. The Morgan fingerprint density at radius 3 is 2.19 bits per heavy atom. The molecule has 0 bridgehead atoms. The molecule has 2 aliphatic heterocycles. The van der Waals surface area contributed by atoms with Gasteiger partial charge in [0.05, 0.1) is 37.1 Å². The molecule has 0 unspecified atom stereocenters. The second-order valence-electron chi connectivity index (χ2n) is 10.2. The number of hydrogen-bond donors (Lipinski definition) is 11. The van der Waals surface area contributed by atoms with Crippen LogP contribution >= 0.6 is 0 Å². The SMILES string of the molecule is CN[C@H]1C[C@@H](N)[C@H](O)[C@@H](O[C@@H]2C[C@H](CO)[C@H](O)[C@@H]3O[C@]4(O[C@@H]([C@H](N)CO)[C@H](O)[C@H](O)[C@H]4O)O[C@@H]32)[C@@H]1O. The molecule has 2 saturated heterocycles. The summed E-state index contributed by atoms with van der Waals surface area (Å²) in [7, 11) is 1.64. The van der Waals surface area contributed by atoms with E-state index in [1.54, 1.807) is 7.05 Å². The third kappa shape index (κ3) is 4.70. The van der Waals surface area contributed by atoms with Gasteiger partial charge >= 0.3 is 5.97 Å². The zero-order valence-corrected chi connectivity index (χ0v) is 19.9. The summed E-state index contributed by atoms with van der Waals surface area (Å²) in [6.45, 7) is -1.09. The third-order valence-electron chi connectivity index (χ3n) is 7.94. The largest absolute Gasteiger partial charge is 0.396 e. The van der Waals surface area contributed by atoms with Crippen LogP contribution in [0, 0.1) is 5.92 Å². The van der Waals surface area contributed by atoms with Crippen LogP contribution in [0.3, 0.4) is 0 Å². The Kier molecular flexibility index (Phi) is 8.58. The van der Waals surface area contributed by atoms with E-state index < -0.39 is 110 Å². The lowest BCUT2D eigenvalue weighted by atomic mass is 9.80. The van der Waals surface area contributed by atoms with Crippen molar-refractivity contribution in [1.29, 1.82) is 0 Å². The zero-order chi connectivity index (χ0) is 26.5. The van der Waals surface area contributed by atoms with Crippen LogP contribution in [0.15, 0.2) is 0 Å². The molecule has 13 N–H and O–H groups in total. The van der Waals surface area contributed by atoms with Crippen molar-refractivity contribution < 1.29 is 59.8 Å². The highest BCUT2D eigenvalue weighted by molar-refractivity contribution is 5.06. The number of hydrogen-bond acceptors (Lipinski definition) is 15. The summed E-state index contributed by atoms with van der Waals surface area (Å²) in [5.74, 6) is -3.17. The van der Waals surface area contributed by atoms with Crippen molar-refractivity contribution >= 4 is 0 Å². The highest BCUT2D eigenvalue weighted by Crippen LogP contribution is 2.46. The summed E-state index contributed by atoms with van der Waals surface area (Å²) in [5.41, 5.74) is 11.9. The van der Waals surface area contributed by atoms with Gasteiger partial charge in [-0.15, -0.1) is 0 Å². The van der Waals surface area contributed by atoms with Crippen molar-refractivity contribution in [3.63, 3.8) is 0 Å². The number of aliphatic hydroxyl groups excluding tert-OH is 8. The first kappa shape index (κ1) is 28.4. The van der Waals surface area contributed by atoms with E-state index in [1.165, 1.54) is 0 Å². The average Bonchev–Trinajstić information content (AvgIpc) is 3.27. The molecule has 2 heterocycles. The molecular formula is C21H39N3O12. The van der Waals surface area contributed by atoms with Crippen molar-refractivity contribution in [1.82, 2.24) is 5.32 Å². The monoisotopic (exact) mass is 525 g/mol. The lowest BCUT2D eigenvalue weighted by Crippen LogP contribution is -2.68. The first-order valence-corrected chi connectivity index (χ1v) is 12.2. The Labute approximate surface area is 207 Å². The molecular weight excluding hydrogens is 486 g/mol. The molecule has 0 aromatic rings. The molecule has 1 spiro atoms. The minimum Gasteiger partial charge on any atom is -0.396 e. The molecule has 4 fully saturated rings. The van der Waals surface area contributed by atoms with E-state index >= 15 is 0 Å². The number of ether oxygens (including phenoxy) is 4. The highest BCUT2D eigenvalue weighted by atomic mass is 16.9. The Hall–Kier alpha value is -0.600. The lowest BCUT2D eigenvalue weighted by molar-refractivity contribution is -0.438. The maximum absolute atomic E-state index is 10.9. The summed E-state index contributed by atoms with van der Waals surface area (Å²) < 4.78 is 23.5. The summed E-state index contributed by atoms with van der Waals surface area (Å²) in [4.78, 5) is 0. The summed E-state index contributed by atoms with van der Waals surface area (Å²) >= 11 is 0. The van der Waals surface area contributed by atoms with Gasteiger partial charge in [-0.3, -0.25) is 0 Å². The van der Waals surface area contributed by atoms with Crippen molar-refractivity contribution in [2.45, 2.75) is 104 Å². The fourth-order valence-corrected chi connectivity index (χ4v) is 5.71. The van der Waals surface area contributed by atoms with Gasteiger partial charge in [0.2, 0.25) is 0 Å². The van der Waals surface area contributed by atoms with Gasteiger partial charge in [-0.2, -0.15) is 0 Å². The average molecular weight is 526 g/mol. The van der Waals surface area contributed by atoms with Gasteiger partial charge in [-0.1, -0.05) is 0 Å². The Bertz CT molecular complexity index is 755. The van der Waals surface area contributed by atoms with Gasteiger partial charge in [0.25, 0.3) is 0 Å². The van der Waals surface area contributed by atoms with Gasteiger partial charge in [-0.25, -0.2) is 0 Å². The van der Waals surface area contributed by atoms with Crippen LogP contribution in [-0.4, -0.2) is 152 Å². The predicted octanol–water partition coefficient (Wildman–Crippen LogP) is -6.61. The molecule has 0 aromatic carbocycles. The molecule has 4 aliphatic rings. The maximum Gasteiger partial charge on any atom is 0.314 e. The van der Waals surface area contributed by atoms with E-state index in [0.29, 0.717) is 6.42 Å². The van der Waals surface area contributed by atoms with Gasteiger partial charge in [-0.05, 0) is 19.9 Å². The molecule has 36 heavy (non-hydrogen) atoms. The Balaban J connectivity index is 1.62. The van der Waals surface area contributed by atoms with Crippen LogP contribution in [0.5, 0.6) is 0 Å². The van der Waals surface area contributed by atoms with Crippen LogP contribution in [0.1, 0.15) is 12.8 Å². The Morgan fingerprint density at radius 2 is 1.58 bits per heavy atom. The van der Waals surface area contributed by atoms with Gasteiger partial charge < -0.3 is 76.6 Å². The summed E-state index contributed by atoms with van der Waals surface area (Å²) in [5, 5.41) is 86.1. The van der Waals surface area contributed by atoms with Crippen LogP contribution in [0.2, 0.25) is 0 Å². The molecule has 16 atom stereocenters. The standard InChI is InChI=1S/C21H39N3O12/c1-24-9-3-7(22)12(28)18(13(9)29)33-10-2-6(4-25)11(27)19-17(10)35-21(36-19)20(32)15(31)14(30)16(34-21)8(23)5-26/h6-20,24-32H,2-5,22-23H2,1H3/t6-,7-,8-,9+,10-,11+,12+,13-,14-,15+,16+,17-,18-,19+,20-,21-/m1/s1. The number of fused-ring (bicyclic) bond motifs is 1. The molecule has 4 rings (SSSR count). The Morgan fingerprint density at radius 1 is 0.917 bits per heavy atom. The molecule has 210 valence electrons. The summed E-state index contributed by atoms with van der Waals surface area (Å²) in [6.07, 6.45) is -14.8. The van der Waals surface area contributed by atoms with Crippen LogP contribution < -0.4 is 16.8 Å². The second-order valence-corrected chi connectivity index (χ2v) is 10.2. The summed E-state index contributed by atoms with van der Waals surface area (Å²) in [6, 6.07) is -2.36. The number of aliphatic hydroxyl groups is 8.